The molecule has 0 radical (unpaired) electrons. The summed E-state index contributed by atoms with van der Waals surface area (Å²) in [6.07, 6.45) is 31.3. The predicted molar refractivity (Wildman–Crippen MR) is 187 cm³/mol. The lowest BCUT2D eigenvalue weighted by Gasteiger charge is -2.12. The first-order valence-electron chi connectivity index (χ1n) is 21.6. The number of hydrogen-bond acceptors (Lipinski definition) is 5. The summed E-state index contributed by atoms with van der Waals surface area (Å²) in [4.78, 5) is 24.5. The third-order valence-electron chi connectivity index (χ3n) is 8.49. The fraction of sp³-hybridized carbons (Fsp3) is 0.949. The van der Waals surface area contributed by atoms with Crippen molar-refractivity contribution in [2.75, 3.05) is 13.1 Å². The van der Waals surface area contributed by atoms with E-state index in [0.29, 0.717) is 12.8 Å². The minimum Gasteiger partial charge on any atom is -0.463 e. The SMILES string of the molecule is [2H]C([2H])(OC(=O)CCCCCCCCCCCCCCCCC)C([2H])(O)C([2H])([2H])OC(=O)CCCCCCCCCCCCCCCCC. The Hall–Kier alpha value is -1.10. The maximum Gasteiger partial charge on any atom is 0.305 e. The van der Waals surface area contributed by atoms with E-state index in [1.807, 2.05) is 0 Å². The van der Waals surface area contributed by atoms with Gasteiger partial charge in [0.15, 0.2) is 0 Å². The van der Waals surface area contributed by atoms with E-state index in [1.54, 1.807) is 0 Å². The molecule has 0 rings (SSSR count). The van der Waals surface area contributed by atoms with Crippen LogP contribution in [0.15, 0.2) is 0 Å². The Morgan fingerprint density at radius 2 is 0.659 bits per heavy atom. The second-order valence-corrected chi connectivity index (χ2v) is 12.9. The molecule has 0 saturated heterocycles. The van der Waals surface area contributed by atoms with Crippen LogP contribution >= 0.6 is 0 Å². The normalized spacial score (nSPS) is 13.9. The zero-order valence-corrected chi connectivity index (χ0v) is 29.2. The van der Waals surface area contributed by atoms with Crippen molar-refractivity contribution in [1.82, 2.24) is 0 Å². The Labute approximate surface area is 281 Å². The number of hydrogen-bond donors (Lipinski definition) is 1. The van der Waals surface area contributed by atoms with Gasteiger partial charge in [0.05, 0.1) is 6.85 Å². The van der Waals surface area contributed by atoms with Crippen molar-refractivity contribution >= 4 is 11.9 Å². The molecule has 0 saturated carbocycles. The van der Waals surface area contributed by atoms with E-state index >= 15 is 0 Å². The average molecular weight is 630 g/mol. The number of aliphatic hydroxyl groups is 1. The van der Waals surface area contributed by atoms with Gasteiger partial charge in [0, 0.05) is 12.8 Å². The summed E-state index contributed by atoms with van der Waals surface area (Å²) < 4.78 is 49.1. The smallest absolute Gasteiger partial charge is 0.305 e. The third kappa shape index (κ3) is 35.4. The van der Waals surface area contributed by atoms with Crippen LogP contribution in [0.1, 0.15) is 226 Å². The number of esters is 2. The molecule has 5 nitrogen and oxygen atoms in total. The highest BCUT2D eigenvalue weighted by atomic mass is 16.6. The molecule has 0 aliphatic heterocycles. The molecule has 0 fully saturated rings. The average Bonchev–Trinajstić information content (AvgIpc) is 3.04. The van der Waals surface area contributed by atoms with Crippen molar-refractivity contribution in [2.45, 2.75) is 225 Å². The van der Waals surface area contributed by atoms with Crippen LogP contribution in [0.5, 0.6) is 0 Å². The van der Waals surface area contributed by atoms with Gasteiger partial charge in [-0.25, -0.2) is 0 Å². The van der Waals surface area contributed by atoms with Gasteiger partial charge in [-0.1, -0.05) is 194 Å². The molecule has 0 aromatic carbocycles. The lowest BCUT2D eigenvalue weighted by molar-refractivity contribution is -0.152. The van der Waals surface area contributed by atoms with Gasteiger partial charge in [-0.15, -0.1) is 0 Å². The zero-order valence-electron chi connectivity index (χ0n) is 34.2. The van der Waals surface area contributed by atoms with Crippen LogP contribution in [0.25, 0.3) is 0 Å². The van der Waals surface area contributed by atoms with E-state index in [9.17, 15) is 14.7 Å². The van der Waals surface area contributed by atoms with Crippen LogP contribution < -0.4 is 0 Å². The number of carbonyl (C=O) groups is 2. The Morgan fingerprint density at radius 3 is 0.886 bits per heavy atom. The van der Waals surface area contributed by atoms with Crippen molar-refractivity contribution in [2.24, 2.45) is 0 Å². The molecular formula is C39H76O5. The number of carbonyl (C=O) groups excluding carboxylic acids is 2. The summed E-state index contributed by atoms with van der Waals surface area (Å²) in [6.45, 7) is -2.36. The largest absolute Gasteiger partial charge is 0.463 e. The number of ether oxygens (including phenoxy) is 2. The van der Waals surface area contributed by atoms with Gasteiger partial charge in [0.2, 0.25) is 0 Å². The fourth-order valence-corrected chi connectivity index (χ4v) is 5.61. The Morgan fingerprint density at radius 1 is 0.455 bits per heavy atom. The molecule has 0 unspecified atom stereocenters. The van der Waals surface area contributed by atoms with Gasteiger partial charge in [-0.2, -0.15) is 0 Å². The summed E-state index contributed by atoms with van der Waals surface area (Å²) in [5.74, 6) is -1.93. The van der Waals surface area contributed by atoms with Gasteiger partial charge < -0.3 is 14.6 Å². The molecule has 0 aromatic heterocycles. The minimum atomic E-state index is -3.64. The summed E-state index contributed by atoms with van der Waals surface area (Å²) >= 11 is 0. The molecule has 0 bridgehead atoms. The van der Waals surface area contributed by atoms with Crippen LogP contribution in [0.2, 0.25) is 0 Å². The fourth-order valence-electron chi connectivity index (χ4n) is 5.61. The van der Waals surface area contributed by atoms with Gasteiger partial charge in [-0.05, 0) is 12.8 Å². The van der Waals surface area contributed by atoms with E-state index in [4.69, 9.17) is 16.3 Å². The van der Waals surface area contributed by atoms with E-state index in [0.717, 1.165) is 51.4 Å². The van der Waals surface area contributed by atoms with Crippen molar-refractivity contribution < 1.29 is 31.0 Å². The van der Waals surface area contributed by atoms with E-state index in [-0.39, 0.29) is 12.8 Å². The van der Waals surface area contributed by atoms with E-state index in [2.05, 4.69) is 13.8 Å². The molecule has 0 aromatic rings. The topological polar surface area (TPSA) is 72.8 Å². The van der Waals surface area contributed by atoms with Gasteiger partial charge >= 0.3 is 11.9 Å². The molecule has 262 valence electrons. The van der Waals surface area contributed by atoms with Crippen LogP contribution in [0, 0.1) is 0 Å². The molecular weight excluding hydrogens is 548 g/mol. The highest BCUT2D eigenvalue weighted by molar-refractivity contribution is 5.69. The molecule has 44 heavy (non-hydrogen) atoms. The highest BCUT2D eigenvalue weighted by Gasteiger charge is 2.12. The third-order valence-corrected chi connectivity index (χ3v) is 8.49. The lowest BCUT2D eigenvalue weighted by atomic mass is 10.0. The summed E-state index contributed by atoms with van der Waals surface area (Å²) in [5, 5.41) is 10.4. The Bertz CT molecular complexity index is 732. The first-order chi connectivity index (χ1) is 23.4. The quantitative estimate of drug-likeness (QED) is 0.0551. The molecule has 0 aliphatic rings. The number of unbranched alkanes of at least 4 members (excludes halogenated alkanes) is 28. The first kappa shape index (κ1) is 34.2. The summed E-state index contributed by atoms with van der Waals surface area (Å²) in [7, 11) is 0. The molecule has 0 aliphatic carbocycles. The van der Waals surface area contributed by atoms with Crippen molar-refractivity contribution in [3.05, 3.63) is 0 Å². The van der Waals surface area contributed by atoms with Crippen LogP contribution in [-0.2, 0) is 19.1 Å². The zero-order chi connectivity index (χ0) is 36.7. The maximum absolute atomic E-state index is 12.3. The monoisotopic (exact) mass is 630 g/mol. The highest BCUT2D eigenvalue weighted by Crippen LogP contribution is 2.15. The van der Waals surface area contributed by atoms with Gasteiger partial charge in [-0.3, -0.25) is 9.59 Å². The van der Waals surface area contributed by atoms with Crippen LogP contribution in [0.4, 0.5) is 0 Å². The van der Waals surface area contributed by atoms with Gasteiger partial charge in [0.1, 0.15) is 19.2 Å². The summed E-state index contributed by atoms with van der Waals surface area (Å²) in [6, 6.07) is 0. The van der Waals surface area contributed by atoms with Crippen LogP contribution in [0.3, 0.4) is 0 Å². The molecule has 0 heterocycles. The minimum absolute atomic E-state index is 0.101. The molecule has 5 heteroatoms. The summed E-state index contributed by atoms with van der Waals surface area (Å²) in [5.41, 5.74) is 0. The van der Waals surface area contributed by atoms with E-state index < -0.39 is 31.1 Å². The van der Waals surface area contributed by atoms with Crippen molar-refractivity contribution in [3.8, 4) is 0 Å². The van der Waals surface area contributed by atoms with Crippen molar-refractivity contribution in [3.63, 3.8) is 0 Å². The van der Waals surface area contributed by atoms with Crippen LogP contribution in [-0.4, -0.2) is 36.2 Å². The Kier molecular flexibility index (Phi) is 28.3. The maximum atomic E-state index is 12.3. The predicted octanol–water partition coefficient (Wildman–Crippen LogP) is 12.0. The second-order valence-electron chi connectivity index (χ2n) is 12.9. The van der Waals surface area contributed by atoms with Gasteiger partial charge in [0.25, 0.3) is 0 Å². The molecule has 0 spiro atoms. The lowest BCUT2D eigenvalue weighted by Crippen LogP contribution is -2.25. The first-order valence-corrected chi connectivity index (χ1v) is 19.1. The Balaban J connectivity index is 4.02. The van der Waals surface area contributed by atoms with E-state index in [1.165, 1.54) is 128 Å². The molecule has 1 N–H and O–H groups in total. The standard InChI is InChI=1S/C39H76O5/c1-3-5-7-9-11-13-15-17-19-21-23-25-27-29-31-33-38(41)43-35-37(40)36-44-39(42)34-32-30-28-26-24-22-20-18-16-14-12-10-8-6-4-2/h37,40H,3-36H2,1-2H3/i35D2,36D2,37D. The molecule has 0 atom stereocenters. The van der Waals surface area contributed by atoms with Crippen molar-refractivity contribution in [1.29, 1.82) is 0 Å². The number of rotatable bonds is 36. The second kappa shape index (κ2) is 36.4. The molecule has 0 amide bonds.